The maximum atomic E-state index is 13.5. The van der Waals surface area contributed by atoms with Crippen LogP contribution in [0.3, 0.4) is 0 Å². The van der Waals surface area contributed by atoms with Crippen molar-refractivity contribution in [1.29, 1.82) is 0 Å². The van der Waals surface area contributed by atoms with Crippen LogP contribution in [0, 0.1) is 11.6 Å². The summed E-state index contributed by atoms with van der Waals surface area (Å²) in [6.45, 7) is 0. The van der Waals surface area contributed by atoms with E-state index in [1.807, 2.05) is 0 Å². The summed E-state index contributed by atoms with van der Waals surface area (Å²) in [4.78, 5) is 11.1. The van der Waals surface area contributed by atoms with Gasteiger partial charge in [0.05, 0.1) is 27.0 Å². The zero-order valence-corrected chi connectivity index (χ0v) is 11.0. The summed E-state index contributed by atoms with van der Waals surface area (Å²) in [6.07, 6.45) is 0. The second-order valence-corrected chi connectivity index (χ2v) is 5.45. The fourth-order valence-electron chi connectivity index (χ4n) is 1.70. The van der Waals surface area contributed by atoms with Gasteiger partial charge in [0.1, 0.15) is 11.6 Å². The molecule has 6 heteroatoms. The molecule has 0 saturated heterocycles. The Morgan fingerprint density at radius 3 is 2.50 bits per heavy atom. The molecule has 0 spiro atoms. The maximum Gasteiger partial charge on any atom is 0.336 e. The highest BCUT2D eigenvalue weighted by atomic mass is 32.2. The zero-order valence-electron chi connectivity index (χ0n) is 10.2. The maximum absolute atomic E-state index is 13.5. The monoisotopic (exact) mass is 296 g/mol. The van der Waals surface area contributed by atoms with Crippen molar-refractivity contribution in [3.63, 3.8) is 0 Å². The first-order chi connectivity index (χ1) is 9.49. The number of carbonyl (C=O) groups is 1. The average Bonchev–Trinajstić information content (AvgIpc) is 2.41. The van der Waals surface area contributed by atoms with Crippen molar-refractivity contribution in [2.24, 2.45) is 0 Å². The molecule has 0 aliphatic heterocycles. The number of hydrogen-bond donors (Lipinski definition) is 1. The van der Waals surface area contributed by atoms with E-state index in [4.69, 9.17) is 5.11 Å². The van der Waals surface area contributed by atoms with Gasteiger partial charge in [-0.05, 0) is 18.2 Å². The van der Waals surface area contributed by atoms with Crippen molar-refractivity contribution >= 4 is 16.8 Å². The lowest BCUT2D eigenvalue weighted by Crippen LogP contribution is -2.06. The summed E-state index contributed by atoms with van der Waals surface area (Å²) in [5.41, 5.74) is -0.0155. The Labute approximate surface area is 116 Å². The van der Waals surface area contributed by atoms with Crippen molar-refractivity contribution in [2.75, 3.05) is 0 Å². The molecule has 2 rings (SSSR count). The van der Waals surface area contributed by atoms with E-state index in [0.717, 1.165) is 6.07 Å². The van der Waals surface area contributed by atoms with E-state index in [-0.39, 0.29) is 21.8 Å². The lowest BCUT2D eigenvalue weighted by Gasteiger charge is -2.07. The van der Waals surface area contributed by atoms with Crippen LogP contribution in [0.15, 0.2) is 47.4 Å². The van der Waals surface area contributed by atoms with Gasteiger partial charge in [-0.1, -0.05) is 18.2 Å². The van der Waals surface area contributed by atoms with Crippen LogP contribution >= 0.6 is 0 Å². The molecule has 0 saturated carbocycles. The minimum Gasteiger partial charge on any atom is -0.478 e. The van der Waals surface area contributed by atoms with Gasteiger partial charge in [-0.15, -0.1) is 0 Å². The summed E-state index contributed by atoms with van der Waals surface area (Å²) in [5, 5.41) is 9.01. The topological polar surface area (TPSA) is 54.4 Å². The molecular weight excluding hydrogens is 286 g/mol. The Hall–Kier alpha value is -2.08. The highest BCUT2D eigenvalue weighted by molar-refractivity contribution is 7.84. The van der Waals surface area contributed by atoms with Crippen molar-refractivity contribution in [2.45, 2.75) is 10.6 Å². The van der Waals surface area contributed by atoms with Gasteiger partial charge in [-0.3, -0.25) is 4.21 Å². The summed E-state index contributed by atoms with van der Waals surface area (Å²) >= 11 is 0. The molecule has 0 aliphatic carbocycles. The summed E-state index contributed by atoms with van der Waals surface area (Å²) in [5.74, 6) is -2.93. The molecule has 0 fully saturated rings. The van der Waals surface area contributed by atoms with E-state index in [2.05, 4.69) is 0 Å². The molecule has 1 N–H and O–H groups in total. The molecule has 1 atom stereocenters. The summed E-state index contributed by atoms with van der Waals surface area (Å²) in [6, 6.07) is 8.79. The first kappa shape index (κ1) is 14.3. The summed E-state index contributed by atoms with van der Waals surface area (Å²) < 4.78 is 38.4. The predicted octanol–water partition coefficient (Wildman–Crippen LogP) is 2.97. The number of hydrogen-bond acceptors (Lipinski definition) is 2. The number of aromatic carboxylic acids is 1. The van der Waals surface area contributed by atoms with Gasteiger partial charge in [0.15, 0.2) is 0 Å². The van der Waals surface area contributed by atoms with Crippen LogP contribution in [0.2, 0.25) is 0 Å². The first-order valence-electron chi connectivity index (χ1n) is 5.63. The molecule has 104 valence electrons. The Morgan fingerprint density at radius 1 is 1.15 bits per heavy atom. The van der Waals surface area contributed by atoms with Crippen LogP contribution in [0.4, 0.5) is 8.78 Å². The molecule has 0 radical (unpaired) electrons. The molecule has 3 nitrogen and oxygen atoms in total. The highest BCUT2D eigenvalue weighted by Crippen LogP contribution is 2.19. The fourth-order valence-corrected chi connectivity index (χ4v) is 3.00. The molecule has 0 aromatic heterocycles. The predicted molar refractivity (Wildman–Crippen MR) is 69.9 cm³/mol. The normalized spacial score (nSPS) is 12.1. The third-order valence-corrected chi connectivity index (χ3v) is 4.08. The molecule has 1 unspecified atom stereocenters. The van der Waals surface area contributed by atoms with Crippen molar-refractivity contribution in [3.05, 3.63) is 65.2 Å². The van der Waals surface area contributed by atoms with Gasteiger partial charge in [-0.2, -0.15) is 0 Å². The van der Waals surface area contributed by atoms with Gasteiger partial charge in [0.25, 0.3) is 0 Å². The van der Waals surface area contributed by atoms with Crippen LogP contribution in [-0.2, 0) is 16.6 Å². The second-order valence-electron chi connectivity index (χ2n) is 4.03. The van der Waals surface area contributed by atoms with Crippen LogP contribution < -0.4 is 0 Å². The Kier molecular flexibility index (Phi) is 4.24. The largest absolute Gasteiger partial charge is 0.478 e. The zero-order chi connectivity index (χ0) is 14.7. The first-order valence-corrected chi connectivity index (χ1v) is 6.95. The van der Waals surface area contributed by atoms with Crippen molar-refractivity contribution in [1.82, 2.24) is 0 Å². The lowest BCUT2D eigenvalue weighted by molar-refractivity contribution is 0.0693. The van der Waals surface area contributed by atoms with Gasteiger partial charge in [0, 0.05) is 11.6 Å². The summed E-state index contributed by atoms with van der Waals surface area (Å²) in [7, 11) is -1.73. The molecule has 0 bridgehead atoms. The molecule has 2 aromatic carbocycles. The molecule has 0 amide bonds. The molecule has 20 heavy (non-hydrogen) atoms. The van der Waals surface area contributed by atoms with E-state index in [0.29, 0.717) is 6.07 Å². The molecule has 2 aromatic rings. The van der Waals surface area contributed by atoms with E-state index in [1.54, 1.807) is 6.07 Å². The smallest absolute Gasteiger partial charge is 0.336 e. The number of rotatable bonds is 4. The lowest BCUT2D eigenvalue weighted by atomic mass is 10.2. The minimum atomic E-state index is -1.73. The number of halogens is 2. The Balaban J connectivity index is 2.31. The van der Waals surface area contributed by atoms with Crippen molar-refractivity contribution in [3.8, 4) is 0 Å². The van der Waals surface area contributed by atoms with Gasteiger partial charge >= 0.3 is 5.97 Å². The number of benzene rings is 2. The van der Waals surface area contributed by atoms with E-state index >= 15 is 0 Å². The number of carboxylic acids is 1. The molecule has 0 aliphatic rings. The van der Waals surface area contributed by atoms with E-state index < -0.39 is 28.4 Å². The molecular formula is C14H10F2O3S. The SMILES string of the molecule is O=C(O)c1ccccc1S(=O)Cc1ccc(F)cc1F. The second kappa shape index (κ2) is 5.92. The van der Waals surface area contributed by atoms with Crippen LogP contribution in [0.1, 0.15) is 15.9 Å². The van der Waals surface area contributed by atoms with Gasteiger partial charge in [0.2, 0.25) is 0 Å². The quantitative estimate of drug-likeness (QED) is 0.943. The fraction of sp³-hybridized carbons (Fsp3) is 0.0714. The van der Waals surface area contributed by atoms with Crippen LogP contribution in [0.5, 0.6) is 0 Å². The highest BCUT2D eigenvalue weighted by Gasteiger charge is 2.16. The average molecular weight is 296 g/mol. The van der Waals surface area contributed by atoms with Gasteiger partial charge in [-0.25, -0.2) is 13.6 Å². The standard InChI is InChI=1S/C14H10F2O3S/c15-10-6-5-9(12(16)7-10)8-20(19)13-4-2-1-3-11(13)14(17)18/h1-7H,8H2,(H,17,18). The third kappa shape index (κ3) is 3.08. The van der Waals surface area contributed by atoms with E-state index in [1.165, 1.54) is 24.3 Å². The van der Waals surface area contributed by atoms with E-state index in [9.17, 15) is 17.8 Å². The molecule has 0 heterocycles. The minimum absolute atomic E-state index is 0.0740. The number of carboxylic acid groups (broad SMARTS) is 1. The van der Waals surface area contributed by atoms with Crippen LogP contribution in [0.25, 0.3) is 0 Å². The third-order valence-electron chi connectivity index (χ3n) is 2.66. The van der Waals surface area contributed by atoms with Crippen LogP contribution in [-0.4, -0.2) is 15.3 Å². The Morgan fingerprint density at radius 2 is 1.85 bits per heavy atom. The van der Waals surface area contributed by atoms with Gasteiger partial charge < -0.3 is 5.11 Å². The Bertz CT molecular complexity index is 686. The van der Waals surface area contributed by atoms with Crippen molar-refractivity contribution < 1.29 is 22.9 Å².